The third kappa shape index (κ3) is 5.17. The Balaban J connectivity index is 1.52. The Kier molecular flexibility index (Phi) is 6.94. The minimum Gasteiger partial charge on any atom is -0.450 e. The summed E-state index contributed by atoms with van der Waals surface area (Å²) in [7, 11) is 0. The average Bonchev–Trinajstić information content (AvgIpc) is 3.51. The van der Waals surface area contributed by atoms with E-state index in [1.165, 1.54) is 0 Å². The van der Waals surface area contributed by atoms with Gasteiger partial charge in [0.15, 0.2) is 5.65 Å². The number of nitrogens with one attached hydrogen (secondary N) is 2. The van der Waals surface area contributed by atoms with Gasteiger partial charge in [0, 0.05) is 30.5 Å². The zero-order chi connectivity index (χ0) is 23.2. The molecule has 0 saturated carbocycles. The van der Waals surface area contributed by atoms with Crippen LogP contribution in [0.4, 0.5) is 4.79 Å². The number of carbonyl (C=O) groups is 2. The van der Waals surface area contributed by atoms with Crippen molar-refractivity contribution in [3.63, 3.8) is 0 Å². The van der Waals surface area contributed by atoms with Gasteiger partial charge in [-0.05, 0) is 43.0 Å². The zero-order valence-electron chi connectivity index (χ0n) is 18.3. The molecule has 33 heavy (non-hydrogen) atoms. The van der Waals surface area contributed by atoms with Gasteiger partial charge in [-0.3, -0.25) is 9.78 Å². The molecule has 0 saturated heterocycles. The number of hydrogen-bond donors (Lipinski definition) is 2. The first kappa shape index (κ1) is 22.4. The second-order valence-corrected chi connectivity index (χ2v) is 8.17. The Labute approximate surface area is 194 Å². The first-order chi connectivity index (χ1) is 16.1. The van der Waals surface area contributed by atoms with Crippen molar-refractivity contribution < 1.29 is 14.3 Å². The summed E-state index contributed by atoms with van der Waals surface area (Å²) in [4.78, 5) is 34.7. The van der Waals surface area contributed by atoms with Crippen molar-refractivity contribution in [2.24, 2.45) is 0 Å². The number of alkyl carbamates (subject to hydrolysis) is 1. The van der Waals surface area contributed by atoms with Crippen LogP contribution in [0.3, 0.4) is 0 Å². The molecule has 1 atom stereocenters. The van der Waals surface area contributed by atoms with Crippen LogP contribution in [0.1, 0.15) is 30.6 Å². The zero-order valence-corrected chi connectivity index (χ0v) is 19.1. The van der Waals surface area contributed by atoms with Crippen molar-refractivity contribution in [2.75, 3.05) is 13.2 Å². The van der Waals surface area contributed by atoms with E-state index >= 15 is 0 Å². The molecule has 10 heteroatoms. The monoisotopic (exact) mass is 464 g/mol. The maximum Gasteiger partial charge on any atom is 0.407 e. The van der Waals surface area contributed by atoms with Crippen LogP contribution in [-0.4, -0.2) is 50.8 Å². The minimum absolute atomic E-state index is 0.228. The molecule has 0 radical (unpaired) electrons. The number of aromatic nitrogens is 4. The Morgan fingerprint density at radius 2 is 2.09 bits per heavy atom. The maximum absolute atomic E-state index is 12.8. The molecule has 0 aliphatic heterocycles. The van der Waals surface area contributed by atoms with Gasteiger partial charge in [-0.25, -0.2) is 14.3 Å². The molecule has 4 heterocycles. The number of carbonyl (C=O) groups excluding carboxylic acids is 2. The number of thiophene rings is 1. The van der Waals surface area contributed by atoms with E-state index in [1.54, 1.807) is 47.3 Å². The fourth-order valence-electron chi connectivity index (χ4n) is 3.28. The molecule has 0 aliphatic rings. The van der Waals surface area contributed by atoms with E-state index in [9.17, 15) is 9.59 Å². The number of amides is 2. The highest BCUT2D eigenvalue weighted by Gasteiger charge is 2.16. The lowest BCUT2D eigenvalue weighted by Gasteiger charge is -2.17. The van der Waals surface area contributed by atoms with Gasteiger partial charge in [-0.1, -0.05) is 13.0 Å². The summed E-state index contributed by atoms with van der Waals surface area (Å²) in [6.45, 7) is 4.25. The highest BCUT2D eigenvalue weighted by atomic mass is 32.1. The smallest absolute Gasteiger partial charge is 0.407 e. The molecule has 0 spiro atoms. The van der Waals surface area contributed by atoms with Crippen LogP contribution in [0.2, 0.25) is 0 Å². The second kappa shape index (κ2) is 10.2. The van der Waals surface area contributed by atoms with Crippen LogP contribution < -0.4 is 10.6 Å². The van der Waals surface area contributed by atoms with E-state index in [0.717, 1.165) is 16.1 Å². The Morgan fingerprint density at radius 3 is 2.85 bits per heavy atom. The normalized spacial score (nSPS) is 11.8. The van der Waals surface area contributed by atoms with E-state index < -0.39 is 6.09 Å². The van der Waals surface area contributed by atoms with Gasteiger partial charge >= 0.3 is 6.09 Å². The van der Waals surface area contributed by atoms with Crippen molar-refractivity contribution in [3.8, 4) is 21.8 Å². The Morgan fingerprint density at radius 1 is 1.21 bits per heavy atom. The minimum atomic E-state index is -0.493. The van der Waals surface area contributed by atoms with Crippen LogP contribution in [-0.2, 0) is 4.74 Å². The molecule has 4 rings (SSSR count). The molecule has 2 N–H and O–H groups in total. The van der Waals surface area contributed by atoms with Gasteiger partial charge in [0.25, 0.3) is 5.91 Å². The van der Waals surface area contributed by atoms with E-state index in [-0.39, 0.29) is 18.5 Å². The molecule has 2 amide bonds. The highest BCUT2D eigenvalue weighted by Crippen LogP contribution is 2.27. The highest BCUT2D eigenvalue weighted by molar-refractivity contribution is 7.13. The van der Waals surface area contributed by atoms with E-state index in [0.29, 0.717) is 29.9 Å². The number of fused-ring (bicyclic) bond motifs is 1. The summed E-state index contributed by atoms with van der Waals surface area (Å²) < 4.78 is 6.59. The van der Waals surface area contributed by atoms with Crippen molar-refractivity contribution in [1.82, 2.24) is 30.2 Å². The lowest BCUT2D eigenvalue weighted by Crippen LogP contribution is -2.43. The quantitative estimate of drug-likeness (QED) is 0.411. The summed E-state index contributed by atoms with van der Waals surface area (Å²) in [5, 5.41) is 12.0. The van der Waals surface area contributed by atoms with Crippen molar-refractivity contribution in [3.05, 3.63) is 59.9 Å². The Bertz CT molecular complexity index is 1250. The lowest BCUT2D eigenvalue weighted by molar-refractivity contribution is 0.0946. The van der Waals surface area contributed by atoms with E-state index in [1.807, 2.05) is 36.7 Å². The number of hydrogen-bond acceptors (Lipinski definition) is 7. The van der Waals surface area contributed by atoms with Gasteiger partial charge in [0.1, 0.15) is 0 Å². The second-order valence-electron chi connectivity index (χ2n) is 7.23. The van der Waals surface area contributed by atoms with Gasteiger partial charge in [0.05, 0.1) is 34.6 Å². The molecule has 0 aromatic carbocycles. The topological polar surface area (TPSA) is 111 Å². The predicted octanol–water partition coefficient (Wildman–Crippen LogP) is 3.77. The van der Waals surface area contributed by atoms with Gasteiger partial charge in [0.2, 0.25) is 0 Å². The van der Waals surface area contributed by atoms with Crippen LogP contribution in [0.5, 0.6) is 0 Å². The average molecular weight is 465 g/mol. The van der Waals surface area contributed by atoms with Gasteiger partial charge < -0.3 is 15.4 Å². The van der Waals surface area contributed by atoms with Crippen LogP contribution >= 0.6 is 11.3 Å². The third-order valence-corrected chi connectivity index (χ3v) is 5.93. The molecule has 9 nitrogen and oxygen atoms in total. The summed E-state index contributed by atoms with van der Waals surface area (Å²) >= 11 is 1.62. The lowest BCUT2D eigenvalue weighted by atomic mass is 10.1. The van der Waals surface area contributed by atoms with Crippen LogP contribution in [0.25, 0.3) is 27.5 Å². The number of rotatable bonds is 8. The molecule has 0 bridgehead atoms. The molecule has 170 valence electrons. The SMILES string of the molecule is CCOC(=O)NC(CC)CNC(=O)c1ccnc(-c2cnn3ccc(-c4cccs4)nc23)c1. The molecule has 4 aromatic rings. The molecule has 0 aliphatic carbocycles. The van der Waals surface area contributed by atoms with E-state index in [4.69, 9.17) is 9.72 Å². The molecule has 1 unspecified atom stereocenters. The van der Waals surface area contributed by atoms with Crippen molar-refractivity contribution in [2.45, 2.75) is 26.3 Å². The maximum atomic E-state index is 12.8. The summed E-state index contributed by atoms with van der Waals surface area (Å²) in [5.41, 5.74) is 3.31. The summed E-state index contributed by atoms with van der Waals surface area (Å²) in [6.07, 6.45) is 5.30. The first-order valence-corrected chi connectivity index (χ1v) is 11.5. The standard InChI is InChI=1S/C23H24N6O3S/c1-3-16(27-23(31)32-4-2)13-25-22(30)15-7-9-24-19(12-15)17-14-26-29-10-8-18(28-21(17)29)20-6-5-11-33-20/h5-12,14,16H,3-4,13H2,1-2H3,(H,25,30)(H,27,31). The number of pyridine rings is 1. The molecule has 4 aromatic heterocycles. The largest absolute Gasteiger partial charge is 0.450 e. The summed E-state index contributed by atoms with van der Waals surface area (Å²) in [6, 6.07) is 9.05. The summed E-state index contributed by atoms with van der Waals surface area (Å²) in [5.74, 6) is -0.258. The van der Waals surface area contributed by atoms with Gasteiger partial charge in [-0.15, -0.1) is 11.3 Å². The fourth-order valence-corrected chi connectivity index (χ4v) is 3.98. The van der Waals surface area contributed by atoms with Crippen molar-refractivity contribution in [1.29, 1.82) is 0 Å². The molecule has 0 fully saturated rings. The predicted molar refractivity (Wildman–Crippen MR) is 126 cm³/mol. The third-order valence-electron chi connectivity index (χ3n) is 5.04. The van der Waals surface area contributed by atoms with E-state index in [2.05, 4.69) is 20.7 Å². The number of nitrogens with zero attached hydrogens (tertiary/aromatic N) is 4. The van der Waals surface area contributed by atoms with Crippen LogP contribution in [0, 0.1) is 0 Å². The first-order valence-electron chi connectivity index (χ1n) is 10.6. The fraction of sp³-hybridized carbons (Fsp3) is 0.261. The number of ether oxygens (including phenoxy) is 1. The van der Waals surface area contributed by atoms with Crippen molar-refractivity contribution >= 4 is 29.0 Å². The molecular formula is C23H24N6O3S. The Hall–Kier alpha value is -3.79. The molecular weight excluding hydrogens is 440 g/mol. The van der Waals surface area contributed by atoms with Crippen LogP contribution in [0.15, 0.2) is 54.3 Å². The van der Waals surface area contributed by atoms with Gasteiger partial charge in [-0.2, -0.15) is 5.10 Å².